The SMILES string of the molecule is CCN(CCNCCN1CCNC1=O)C1CC1. The third kappa shape index (κ3) is 3.85. The zero-order valence-electron chi connectivity index (χ0n) is 10.7. The number of hydrogen-bond donors (Lipinski definition) is 2. The first-order chi connectivity index (χ1) is 8.31. The fourth-order valence-corrected chi connectivity index (χ4v) is 2.32. The van der Waals surface area contributed by atoms with Crippen LogP contribution in [-0.4, -0.2) is 67.7 Å². The highest BCUT2D eigenvalue weighted by Crippen LogP contribution is 2.25. The number of likely N-dealkylation sites (N-methyl/N-ethyl adjacent to an activating group) is 1. The van der Waals surface area contributed by atoms with Crippen molar-refractivity contribution < 1.29 is 4.79 Å². The molecule has 0 radical (unpaired) electrons. The molecule has 1 saturated carbocycles. The van der Waals surface area contributed by atoms with Crippen molar-refractivity contribution in [1.29, 1.82) is 0 Å². The lowest BCUT2D eigenvalue weighted by atomic mass is 10.4. The van der Waals surface area contributed by atoms with Crippen LogP contribution in [0.15, 0.2) is 0 Å². The second-order valence-corrected chi connectivity index (χ2v) is 4.83. The normalized spacial score (nSPS) is 20.1. The van der Waals surface area contributed by atoms with Gasteiger partial charge in [-0.3, -0.25) is 4.90 Å². The number of hydrogen-bond acceptors (Lipinski definition) is 3. The molecule has 1 heterocycles. The minimum absolute atomic E-state index is 0.0833. The molecular weight excluding hydrogens is 216 g/mol. The van der Waals surface area contributed by atoms with Crippen molar-refractivity contribution in [3.05, 3.63) is 0 Å². The lowest BCUT2D eigenvalue weighted by Gasteiger charge is -2.20. The van der Waals surface area contributed by atoms with Crippen molar-refractivity contribution in [2.75, 3.05) is 45.8 Å². The average molecular weight is 240 g/mol. The van der Waals surface area contributed by atoms with Crippen molar-refractivity contribution >= 4 is 6.03 Å². The molecule has 2 N–H and O–H groups in total. The lowest BCUT2D eigenvalue weighted by molar-refractivity contribution is 0.217. The van der Waals surface area contributed by atoms with Crippen LogP contribution in [0.4, 0.5) is 4.79 Å². The van der Waals surface area contributed by atoms with Gasteiger partial charge in [0.05, 0.1) is 0 Å². The zero-order chi connectivity index (χ0) is 12.1. The van der Waals surface area contributed by atoms with E-state index in [2.05, 4.69) is 22.5 Å². The van der Waals surface area contributed by atoms with Crippen molar-refractivity contribution in [2.24, 2.45) is 0 Å². The fraction of sp³-hybridized carbons (Fsp3) is 0.917. The molecule has 2 rings (SSSR count). The molecule has 0 unspecified atom stereocenters. The summed E-state index contributed by atoms with van der Waals surface area (Å²) < 4.78 is 0. The Morgan fingerprint density at radius 1 is 1.47 bits per heavy atom. The zero-order valence-corrected chi connectivity index (χ0v) is 10.7. The molecule has 0 aromatic carbocycles. The summed E-state index contributed by atoms with van der Waals surface area (Å²) in [4.78, 5) is 15.7. The van der Waals surface area contributed by atoms with Gasteiger partial charge in [-0.1, -0.05) is 6.92 Å². The van der Waals surface area contributed by atoms with Crippen molar-refractivity contribution in [3.63, 3.8) is 0 Å². The Kier molecular flexibility index (Phi) is 4.62. The topological polar surface area (TPSA) is 47.6 Å². The summed E-state index contributed by atoms with van der Waals surface area (Å²) in [7, 11) is 0. The van der Waals surface area contributed by atoms with Gasteiger partial charge in [-0.05, 0) is 19.4 Å². The monoisotopic (exact) mass is 240 g/mol. The maximum Gasteiger partial charge on any atom is 0.317 e. The summed E-state index contributed by atoms with van der Waals surface area (Å²) in [5.41, 5.74) is 0. The standard InChI is InChI=1S/C12H24N4O/c1-2-15(11-3-4-11)8-5-13-6-9-16-10-7-14-12(16)17/h11,13H,2-10H2,1H3,(H,14,17). The fourth-order valence-electron chi connectivity index (χ4n) is 2.32. The largest absolute Gasteiger partial charge is 0.336 e. The van der Waals surface area contributed by atoms with Crippen LogP contribution in [-0.2, 0) is 0 Å². The summed E-state index contributed by atoms with van der Waals surface area (Å²) in [6.45, 7) is 8.91. The summed E-state index contributed by atoms with van der Waals surface area (Å²) in [5, 5.41) is 6.23. The minimum atomic E-state index is 0.0833. The van der Waals surface area contributed by atoms with Gasteiger partial charge in [-0.2, -0.15) is 0 Å². The molecule has 0 aromatic rings. The van der Waals surface area contributed by atoms with Crippen LogP contribution >= 0.6 is 0 Å². The van der Waals surface area contributed by atoms with E-state index in [1.807, 2.05) is 4.90 Å². The van der Waals surface area contributed by atoms with Crippen LogP contribution in [0, 0.1) is 0 Å². The average Bonchev–Trinajstić information content (AvgIpc) is 3.09. The number of nitrogens with one attached hydrogen (secondary N) is 2. The molecule has 1 saturated heterocycles. The first-order valence-electron chi connectivity index (χ1n) is 6.79. The first-order valence-corrected chi connectivity index (χ1v) is 6.79. The first kappa shape index (κ1) is 12.6. The molecular formula is C12H24N4O. The molecule has 0 spiro atoms. The van der Waals surface area contributed by atoms with Crippen molar-refractivity contribution in [2.45, 2.75) is 25.8 Å². The van der Waals surface area contributed by atoms with Gasteiger partial charge in [0.1, 0.15) is 0 Å². The van der Waals surface area contributed by atoms with Gasteiger partial charge >= 0.3 is 6.03 Å². The molecule has 0 atom stereocenters. The Balaban J connectivity index is 1.49. The van der Waals surface area contributed by atoms with E-state index >= 15 is 0 Å². The van der Waals surface area contributed by atoms with Gasteiger partial charge in [0.15, 0.2) is 0 Å². The van der Waals surface area contributed by atoms with E-state index in [9.17, 15) is 4.79 Å². The van der Waals surface area contributed by atoms with E-state index in [0.29, 0.717) is 0 Å². The van der Waals surface area contributed by atoms with Crippen LogP contribution in [0.2, 0.25) is 0 Å². The number of rotatable bonds is 8. The Morgan fingerprint density at radius 2 is 2.29 bits per heavy atom. The summed E-state index contributed by atoms with van der Waals surface area (Å²) in [6.07, 6.45) is 2.75. The van der Waals surface area contributed by atoms with E-state index in [1.165, 1.54) is 12.8 Å². The summed E-state index contributed by atoms with van der Waals surface area (Å²) >= 11 is 0. The maximum atomic E-state index is 11.3. The van der Waals surface area contributed by atoms with Gasteiger partial charge in [0.2, 0.25) is 0 Å². The molecule has 1 aliphatic heterocycles. The number of nitrogens with zero attached hydrogens (tertiary/aromatic N) is 2. The number of carbonyl (C=O) groups excluding carboxylic acids is 1. The molecule has 98 valence electrons. The van der Waals surface area contributed by atoms with Gasteiger partial charge in [-0.25, -0.2) is 4.79 Å². The van der Waals surface area contributed by atoms with Gasteiger partial charge in [-0.15, -0.1) is 0 Å². The highest BCUT2D eigenvalue weighted by Gasteiger charge is 2.27. The smallest absolute Gasteiger partial charge is 0.317 e. The van der Waals surface area contributed by atoms with Crippen LogP contribution in [0.25, 0.3) is 0 Å². The number of amides is 2. The highest BCUT2D eigenvalue weighted by molar-refractivity contribution is 5.76. The highest BCUT2D eigenvalue weighted by atomic mass is 16.2. The Morgan fingerprint density at radius 3 is 2.88 bits per heavy atom. The lowest BCUT2D eigenvalue weighted by Crippen LogP contribution is -2.38. The molecule has 5 heteroatoms. The molecule has 2 fully saturated rings. The number of carbonyl (C=O) groups is 1. The third-order valence-corrected chi connectivity index (χ3v) is 3.55. The van der Waals surface area contributed by atoms with Crippen LogP contribution in [0.5, 0.6) is 0 Å². The van der Waals surface area contributed by atoms with Gasteiger partial charge < -0.3 is 15.5 Å². The molecule has 2 aliphatic rings. The van der Waals surface area contributed by atoms with E-state index in [1.54, 1.807) is 0 Å². The predicted molar refractivity (Wildman–Crippen MR) is 68.1 cm³/mol. The quantitative estimate of drug-likeness (QED) is 0.591. The molecule has 17 heavy (non-hydrogen) atoms. The molecule has 0 bridgehead atoms. The van der Waals surface area contributed by atoms with E-state index in [4.69, 9.17) is 0 Å². The Labute approximate surface area is 104 Å². The van der Waals surface area contributed by atoms with Crippen LogP contribution < -0.4 is 10.6 Å². The van der Waals surface area contributed by atoms with Crippen LogP contribution in [0.1, 0.15) is 19.8 Å². The van der Waals surface area contributed by atoms with Crippen molar-refractivity contribution in [3.8, 4) is 0 Å². The minimum Gasteiger partial charge on any atom is -0.336 e. The molecule has 1 aliphatic carbocycles. The Hall–Kier alpha value is -0.810. The van der Waals surface area contributed by atoms with E-state index in [-0.39, 0.29) is 6.03 Å². The van der Waals surface area contributed by atoms with Gasteiger partial charge in [0, 0.05) is 45.3 Å². The van der Waals surface area contributed by atoms with E-state index < -0.39 is 0 Å². The molecule has 0 aromatic heterocycles. The summed E-state index contributed by atoms with van der Waals surface area (Å²) in [5.74, 6) is 0. The predicted octanol–water partition coefficient (Wildman–Crippen LogP) is 0.0855. The molecule has 2 amide bonds. The molecule has 5 nitrogen and oxygen atoms in total. The maximum absolute atomic E-state index is 11.3. The second-order valence-electron chi connectivity index (χ2n) is 4.83. The van der Waals surface area contributed by atoms with E-state index in [0.717, 1.165) is 51.9 Å². The van der Waals surface area contributed by atoms with Crippen molar-refractivity contribution in [1.82, 2.24) is 20.4 Å². The third-order valence-electron chi connectivity index (χ3n) is 3.55. The second kappa shape index (κ2) is 6.21. The Bertz CT molecular complexity index is 255. The summed E-state index contributed by atoms with van der Waals surface area (Å²) in [6, 6.07) is 0.936. The van der Waals surface area contributed by atoms with Gasteiger partial charge in [0.25, 0.3) is 0 Å². The number of urea groups is 1. The van der Waals surface area contributed by atoms with Crippen LogP contribution in [0.3, 0.4) is 0 Å².